The van der Waals surface area contributed by atoms with Crippen molar-refractivity contribution in [3.8, 4) is 0 Å². The molecule has 0 bridgehead atoms. The van der Waals surface area contributed by atoms with Crippen LogP contribution < -0.4 is 5.32 Å². The number of alkyl halides is 1. The van der Waals surface area contributed by atoms with Crippen LogP contribution in [0.15, 0.2) is 42.1 Å². The van der Waals surface area contributed by atoms with Gasteiger partial charge in [-0.25, -0.2) is 4.39 Å². The van der Waals surface area contributed by atoms with Gasteiger partial charge in [0, 0.05) is 44.8 Å². The van der Waals surface area contributed by atoms with Gasteiger partial charge in [-0.3, -0.25) is 19.3 Å². The van der Waals surface area contributed by atoms with Gasteiger partial charge < -0.3 is 24.6 Å². The van der Waals surface area contributed by atoms with Crippen LogP contribution in [0.3, 0.4) is 0 Å². The van der Waals surface area contributed by atoms with Crippen LogP contribution in [0.4, 0.5) is 4.39 Å². The summed E-state index contributed by atoms with van der Waals surface area (Å²) in [6.07, 6.45) is 2.70. The summed E-state index contributed by atoms with van der Waals surface area (Å²) in [6, 6.07) is 9.71. The minimum atomic E-state index is -1.23. The number of ketones is 1. The van der Waals surface area contributed by atoms with E-state index >= 15 is 4.39 Å². The van der Waals surface area contributed by atoms with Crippen molar-refractivity contribution in [3.05, 3.63) is 47.7 Å². The maximum Gasteiger partial charge on any atom is 0.307 e. The van der Waals surface area contributed by atoms with Crippen molar-refractivity contribution in [1.29, 1.82) is 0 Å². The Labute approximate surface area is 247 Å². The molecule has 0 radical (unpaired) electrons. The highest BCUT2D eigenvalue weighted by molar-refractivity contribution is 6.20. The van der Waals surface area contributed by atoms with Crippen molar-refractivity contribution in [2.24, 2.45) is 5.92 Å². The van der Waals surface area contributed by atoms with Crippen molar-refractivity contribution in [3.63, 3.8) is 0 Å². The van der Waals surface area contributed by atoms with Gasteiger partial charge in [0.25, 0.3) is 5.91 Å². The number of nitrogens with one attached hydrogen (secondary N) is 1. The van der Waals surface area contributed by atoms with Crippen molar-refractivity contribution in [2.45, 2.75) is 81.5 Å². The van der Waals surface area contributed by atoms with Gasteiger partial charge in [0.2, 0.25) is 0 Å². The highest BCUT2D eigenvalue weighted by Crippen LogP contribution is 2.48. The van der Waals surface area contributed by atoms with Crippen LogP contribution in [-0.2, 0) is 23.9 Å². The number of carbonyl (C=O) groups is 3. The molecule has 8 unspecified atom stereocenters. The van der Waals surface area contributed by atoms with Gasteiger partial charge in [0.05, 0.1) is 48.9 Å². The molecule has 0 aromatic heterocycles. The van der Waals surface area contributed by atoms with E-state index in [-0.39, 0.29) is 55.5 Å². The molecule has 4 fully saturated rings. The number of amides is 1. The Morgan fingerprint density at radius 3 is 2.57 bits per heavy atom. The highest BCUT2D eigenvalue weighted by atomic mass is 19.1. The van der Waals surface area contributed by atoms with Crippen LogP contribution in [0.2, 0.25) is 0 Å². The first-order valence-corrected chi connectivity index (χ1v) is 15.6. The van der Waals surface area contributed by atoms with Gasteiger partial charge in [-0.2, -0.15) is 0 Å². The summed E-state index contributed by atoms with van der Waals surface area (Å²) in [7, 11) is 2.08. The molecule has 3 heterocycles. The lowest BCUT2D eigenvalue weighted by Gasteiger charge is -2.61. The first kappa shape index (κ1) is 29.3. The van der Waals surface area contributed by atoms with E-state index in [2.05, 4.69) is 51.3 Å². The fourth-order valence-electron chi connectivity index (χ4n) is 7.93. The third-order valence-electron chi connectivity index (χ3n) is 10.0. The molecule has 1 aromatic carbocycles. The number of likely N-dealkylation sites (N-methyl/N-ethyl adjacent to an activating group) is 1. The summed E-state index contributed by atoms with van der Waals surface area (Å²) in [4.78, 5) is 45.7. The molecule has 5 aliphatic rings. The Kier molecular flexibility index (Phi) is 8.65. The second-order valence-electron chi connectivity index (χ2n) is 12.5. The lowest BCUT2D eigenvalue weighted by molar-refractivity contribution is -0.214. The summed E-state index contributed by atoms with van der Waals surface area (Å²) in [5.41, 5.74) is 1.33. The average Bonchev–Trinajstić information content (AvgIpc) is 2.99. The first-order valence-electron chi connectivity index (χ1n) is 15.6. The molecule has 42 heavy (non-hydrogen) atoms. The quantitative estimate of drug-likeness (QED) is 0.387. The van der Waals surface area contributed by atoms with Crippen molar-refractivity contribution < 1.29 is 28.2 Å². The maximum atomic E-state index is 16.2. The Balaban J connectivity index is 1.30. The van der Waals surface area contributed by atoms with E-state index in [4.69, 9.17) is 9.47 Å². The molecule has 1 N–H and O–H groups in total. The molecule has 2 saturated carbocycles. The number of halogens is 1. The molecule has 10 heteroatoms. The standard InChI is InChI=1S/C32H43FN4O5/c1-3-41-27(38)11-12-34-32(40)23-19-37-25-17-21(20-7-5-4-6-8-20)9-10-26(25)42-31-28(37)22(30(23)39)18-24(33)29(31)36-15-13-35(2)14-16-36/h4-8,19,21-22,24-26,28-29,31H,3,9-18H2,1-2H3,(H,34,40). The van der Waals surface area contributed by atoms with E-state index in [1.54, 1.807) is 13.1 Å². The van der Waals surface area contributed by atoms with E-state index < -0.39 is 36.1 Å². The molecule has 1 amide bonds. The Morgan fingerprint density at radius 2 is 1.83 bits per heavy atom. The predicted molar refractivity (Wildman–Crippen MR) is 154 cm³/mol. The molecule has 1 aromatic rings. The summed E-state index contributed by atoms with van der Waals surface area (Å²) in [5.74, 6) is -1.58. The second kappa shape index (κ2) is 12.4. The van der Waals surface area contributed by atoms with Crippen LogP contribution in [0.5, 0.6) is 0 Å². The van der Waals surface area contributed by atoms with E-state index in [9.17, 15) is 14.4 Å². The number of carbonyl (C=O) groups excluding carboxylic acids is 3. The third-order valence-corrected chi connectivity index (χ3v) is 10.0. The number of piperazine rings is 1. The highest BCUT2D eigenvalue weighted by Gasteiger charge is 2.60. The van der Waals surface area contributed by atoms with Gasteiger partial charge in [-0.15, -0.1) is 0 Å². The SMILES string of the molecule is CCOC(=O)CCNC(=O)C1=CN2C3CC(c4ccccc4)CCC3OC3C(N4CCN(C)CC4)C(F)CC(C1=O)C32. The Morgan fingerprint density at radius 1 is 1.07 bits per heavy atom. The number of rotatable bonds is 7. The van der Waals surface area contributed by atoms with Crippen molar-refractivity contribution >= 4 is 17.7 Å². The monoisotopic (exact) mass is 582 g/mol. The van der Waals surface area contributed by atoms with Crippen LogP contribution in [0, 0.1) is 5.92 Å². The maximum absolute atomic E-state index is 16.2. The van der Waals surface area contributed by atoms with Crippen molar-refractivity contribution in [1.82, 2.24) is 20.0 Å². The summed E-state index contributed by atoms with van der Waals surface area (Å²) in [5, 5.41) is 2.73. The van der Waals surface area contributed by atoms with Crippen LogP contribution in [0.25, 0.3) is 0 Å². The summed E-state index contributed by atoms with van der Waals surface area (Å²) >= 11 is 0. The summed E-state index contributed by atoms with van der Waals surface area (Å²) in [6.45, 7) is 5.33. The molecule has 3 aliphatic heterocycles. The van der Waals surface area contributed by atoms with Gasteiger partial charge in [-0.1, -0.05) is 30.3 Å². The molecule has 2 aliphatic carbocycles. The average molecular weight is 583 g/mol. The lowest BCUT2D eigenvalue weighted by Crippen LogP contribution is -2.74. The van der Waals surface area contributed by atoms with Crippen LogP contribution >= 0.6 is 0 Å². The molecule has 228 valence electrons. The van der Waals surface area contributed by atoms with E-state index in [1.165, 1.54) is 5.56 Å². The Hall–Kier alpha value is -2.82. The lowest BCUT2D eigenvalue weighted by atomic mass is 9.68. The zero-order valence-corrected chi connectivity index (χ0v) is 24.6. The number of hydrogen-bond acceptors (Lipinski definition) is 8. The molecule has 6 rings (SSSR count). The van der Waals surface area contributed by atoms with Gasteiger partial charge in [-0.05, 0) is 51.1 Å². The largest absolute Gasteiger partial charge is 0.466 e. The van der Waals surface area contributed by atoms with Gasteiger partial charge >= 0.3 is 5.97 Å². The van der Waals surface area contributed by atoms with Gasteiger partial charge in [0.1, 0.15) is 6.17 Å². The summed E-state index contributed by atoms with van der Waals surface area (Å²) < 4.78 is 28.0. The third kappa shape index (κ3) is 5.61. The molecule has 0 spiro atoms. The normalized spacial score (nSPS) is 35.1. The smallest absolute Gasteiger partial charge is 0.307 e. The zero-order chi connectivity index (χ0) is 29.4. The number of benzene rings is 1. The van der Waals surface area contributed by atoms with Crippen molar-refractivity contribution in [2.75, 3.05) is 46.4 Å². The minimum absolute atomic E-state index is 0.0209. The number of morpholine rings is 1. The predicted octanol–water partition coefficient (Wildman–Crippen LogP) is 2.27. The molecule has 9 nitrogen and oxygen atoms in total. The number of hydrogen-bond donors (Lipinski definition) is 1. The molecular formula is C32H43FN4O5. The number of nitrogens with zero attached hydrogens (tertiary/aromatic N) is 3. The van der Waals surface area contributed by atoms with Crippen LogP contribution in [-0.4, -0.2) is 115 Å². The molecule has 8 atom stereocenters. The second-order valence-corrected chi connectivity index (χ2v) is 12.5. The topological polar surface area (TPSA) is 91.4 Å². The minimum Gasteiger partial charge on any atom is -0.466 e. The van der Waals surface area contributed by atoms with E-state index in [0.29, 0.717) is 5.92 Å². The zero-order valence-electron chi connectivity index (χ0n) is 24.6. The fraction of sp³-hybridized carbons (Fsp3) is 0.656. The Bertz CT molecular complexity index is 1190. The van der Waals surface area contributed by atoms with Gasteiger partial charge in [0.15, 0.2) is 5.78 Å². The molecule has 2 saturated heterocycles. The number of ether oxygens (including phenoxy) is 2. The number of fused-ring (bicyclic) bond motifs is 2. The first-order chi connectivity index (χ1) is 20.4. The molecular weight excluding hydrogens is 539 g/mol. The van der Waals surface area contributed by atoms with Crippen LogP contribution in [0.1, 0.15) is 50.5 Å². The van der Waals surface area contributed by atoms with E-state index in [1.807, 2.05) is 6.07 Å². The fourth-order valence-corrected chi connectivity index (χ4v) is 7.93. The number of Topliss-reactive ketones (excluding diaryl/α,β-unsaturated/α-hetero) is 1. The van der Waals surface area contributed by atoms with E-state index in [0.717, 1.165) is 45.4 Å². The number of esters is 1.